The number of rotatable bonds is 7. The first-order valence-corrected chi connectivity index (χ1v) is 10.7. The highest BCUT2D eigenvalue weighted by Crippen LogP contribution is 2.37. The Hall–Kier alpha value is -1.45. The van der Waals surface area contributed by atoms with Crippen LogP contribution in [0.25, 0.3) is 0 Å². The Bertz CT molecular complexity index is 608. The fourth-order valence-corrected chi connectivity index (χ4v) is 3.51. The third kappa shape index (κ3) is 6.90. The first kappa shape index (κ1) is 21.8. The minimum absolute atomic E-state index is 0.0108. The van der Waals surface area contributed by atoms with E-state index in [-0.39, 0.29) is 18.9 Å². The number of halogens is 3. The van der Waals surface area contributed by atoms with Gasteiger partial charge >= 0.3 is 6.18 Å². The van der Waals surface area contributed by atoms with E-state index in [1.54, 1.807) is 11.8 Å². The second kappa shape index (κ2) is 10.2. The van der Waals surface area contributed by atoms with E-state index in [0.29, 0.717) is 25.3 Å². The molecule has 1 heterocycles. The van der Waals surface area contributed by atoms with Crippen molar-refractivity contribution in [2.45, 2.75) is 57.8 Å². The SMILES string of the molecule is CSCCCNC(=NCc1nnc(C)n1C)NC1CCC(C(F)(F)F)CC1. The van der Waals surface area contributed by atoms with Gasteiger partial charge in [-0.1, -0.05) is 0 Å². The van der Waals surface area contributed by atoms with Gasteiger partial charge in [0.15, 0.2) is 11.8 Å². The predicted octanol–water partition coefficient (Wildman–Crippen LogP) is 3.03. The molecule has 0 bridgehead atoms. The van der Waals surface area contributed by atoms with Gasteiger partial charge in [-0.25, -0.2) is 4.99 Å². The van der Waals surface area contributed by atoms with E-state index >= 15 is 0 Å². The summed E-state index contributed by atoms with van der Waals surface area (Å²) < 4.78 is 40.4. The van der Waals surface area contributed by atoms with Crippen LogP contribution in [0.2, 0.25) is 0 Å². The zero-order valence-corrected chi connectivity index (χ0v) is 17.0. The van der Waals surface area contributed by atoms with Gasteiger partial charge in [0, 0.05) is 19.6 Å². The molecule has 2 rings (SSSR count). The van der Waals surface area contributed by atoms with Crippen molar-refractivity contribution in [3.63, 3.8) is 0 Å². The topological polar surface area (TPSA) is 67.1 Å². The first-order chi connectivity index (χ1) is 12.8. The van der Waals surface area contributed by atoms with Crippen molar-refractivity contribution in [2.24, 2.45) is 18.0 Å². The molecule has 0 radical (unpaired) electrons. The van der Waals surface area contributed by atoms with Crippen LogP contribution in [0.1, 0.15) is 43.8 Å². The lowest BCUT2D eigenvalue weighted by Crippen LogP contribution is -2.46. The number of aryl methyl sites for hydroxylation is 1. The zero-order valence-electron chi connectivity index (χ0n) is 16.1. The summed E-state index contributed by atoms with van der Waals surface area (Å²) in [5.41, 5.74) is 0. The molecule has 27 heavy (non-hydrogen) atoms. The molecular weight excluding hydrogens is 377 g/mol. The number of hydrogen-bond donors (Lipinski definition) is 2. The van der Waals surface area contributed by atoms with Crippen molar-refractivity contribution in [3.05, 3.63) is 11.6 Å². The molecule has 1 aromatic rings. The van der Waals surface area contributed by atoms with Crippen LogP contribution in [-0.4, -0.2) is 51.5 Å². The molecule has 0 amide bonds. The van der Waals surface area contributed by atoms with Crippen LogP contribution < -0.4 is 10.6 Å². The van der Waals surface area contributed by atoms with Gasteiger partial charge in [-0.2, -0.15) is 24.9 Å². The van der Waals surface area contributed by atoms with Crippen molar-refractivity contribution < 1.29 is 13.2 Å². The lowest BCUT2D eigenvalue weighted by atomic mass is 9.85. The Balaban J connectivity index is 1.93. The molecule has 10 heteroatoms. The summed E-state index contributed by atoms with van der Waals surface area (Å²) in [6, 6.07) is 0.0108. The van der Waals surface area contributed by atoms with Crippen molar-refractivity contribution >= 4 is 17.7 Å². The summed E-state index contributed by atoms with van der Waals surface area (Å²) >= 11 is 1.78. The summed E-state index contributed by atoms with van der Waals surface area (Å²) in [7, 11) is 1.89. The van der Waals surface area contributed by atoms with Crippen LogP contribution >= 0.6 is 11.8 Å². The Labute approximate surface area is 162 Å². The van der Waals surface area contributed by atoms with Crippen molar-refractivity contribution in [1.29, 1.82) is 0 Å². The lowest BCUT2D eigenvalue weighted by Gasteiger charge is -2.31. The van der Waals surface area contributed by atoms with Gasteiger partial charge < -0.3 is 15.2 Å². The van der Waals surface area contributed by atoms with Crippen molar-refractivity contribution in [3.8, 4) is 0 Å². The molecule has 0 aromatic carbocycles. The van der Waals surface area contributed by atoms with E-state index in [0.717, 1.165) is 30.4 Å². The second-order valence-corrected chi connectivity index (χ2v) is 7.88. The molecule has 1 fully saturated rings. The molecule has 0 spiro atoms. The average Bonchev–Trinajstić information content (AvgIpc) is 2.94. The predicted molar refractivity (Wildman–Crippen MR) is 103 cm³/mol. The molecule has 154 valence electrons. The monoisotopic (exact) mass is 406 g/mol. The third-order valence-electron chi connectivity index (χ3n) is 4.91. The number of guanidine groups is 1. The number of nitrogens with zero attached hydrogens (tertiary/aromatic N) is 4. The lowest BCUT2D eigenvalue weighted by molar-refractivity contribution is -0.182. The van der Waals surface area contributed by atoms with Gasteiger partial charge in [-0.3, -0.25) is 0 Å². The smallest absolute Gasteiger partial charge is 0.356 e. The normalized spacial score (nSPS) is 21.3. The molecule has 6 nitrogen and oxygen atoms in total. The minimum atomic E-state index is -4.08. The molecule has 1 aliphatic rings. The number of aliphatic imine (C=N–C) groups is 1. The van der Waals surface area contributed by atoms with E-state index in [9.17, 15) is 13.2 Å². The first-order valence-electron chi connectivity index (χ1n) is 9.26. The third-order valence-corrected chi connectivity index (χ3v) is 5.61. The quantitative estimate of drug-likeness (QED) is 0.414. The summed E-state index contributed by atoms with van der Waals surface area (Å²) in [5, 5.41) is 14.7. The van der Waals surface area contributed by atoms with Crippen LogP contribution in [0.15, 0.2) is 4.99 Å². The van der Waals surface area contributed by atoms with Gasteiger partial charge in [-0.15, -0.1) is 10.2 Å². The van der Waals surface area contributed by atoms with E-state index in [1.165, 1.54) is 0 Å². The van der Waals surface area contributed by atoms with E-state index in [4.69, 9.17) is 0 Å². The maximum absolute atomic E-state index is 12.8. The highest BCUT2D eigenvalue weighted by molar-refractivity contribution is 7.98. The van der Waals surface area contributed by atoms with Crippen LogP contribution in [0.3, 0.4) is 0 Å². The Morgan fingerprint density at radius 3 is 2.52 bits per heavy atom. The summed E-state index contributed by atoms with van der Waals surface area (Å²) in [4.78, 5) is 4.57. The molecule has 0 atom stereocenters. The van der Waals surface area contributed by atoms with Gasteiger partial charge in [-0.05, 0) is 51.0 Å². The fourth-order valence-electron chi connectivity index (χ4n) is 3.07. The highest BCUT2D eigenvalue weighted by atomic mass is 32.2. The Kier molecular flexibility index (Phi) is 8.25. The van der Waals surface area contributed by atoms with Crippen LogP contribution in [0, 0.1) is 12.8 Å². The second-order valence-electron chi connectivity index (χ2n) is 6.89. The molecule has 1 aromatic heterocycles. The van der Waals surface area contributed by atoms with Crippen molar-refractivity contribution in [2.75, 3.05) is 18.6 Å². The molecular formula is C17H29F3N6S. The average molecular weight is 407 g/mol. The van der Waals surface area contributed by atoms with Crippen LogP contribution in [0.4, 0.5) is 13.2 Å². The van der Waals surface area contributed by atoms with E-state index in [2.05, 4.69) is 32.1 Å². The van der Waals surface area contributed by atoms with E-state index < -0.39 is 12.1 Å². The summed E-state index contributed by atoms with van der Waals surface area (Å²) in [5.74, 6) is 2.06. The summed E-state index contributed by atoms with van der Waals surface area (Å²) in [6.45, 7) is 3.01. The number of hydrogen-bond acceptors (Lipinski definition) is 4. The van der Waals surface area contributed by atoms with E-state index in [1.807, 2.05) is 18.5 Å². The maximum atomic E-state index is 12.8. The number of alkyl halides is 3. The Morgan fingerprint density at radius 2 is 1.96 bits per heavy atom. The molecule has 0 aliphatic heterocycles. The van der Waals surface area contributed by atoms with Gasteiger partial charge in [0.2, 0.25) is 0 Å². The minimum Gasteiger partial charge on any atom is -0.356 e. The van der Waals surface area contributed by atoms with Crippen LogP contribution in [-0.2, 0) is 13.6 Å². The largest absolute Gasteiger partial charge is 0.391 e. The van der Waals surface area contributed by atoms with Gasteiger partial charge in [0.25, 0.3) is 0 Å². The standard InChI is InChI=1S/C17H29F3N6S/c1-12-24-25-15(26(12)2)11-22-16(21-9-4-10-27-3)23-14-7-5-13(6-8-14)17(18,19)20/h13-14H,4-11H2,1-3H3,(H2,21,22,23). The number of thioether (sulfide) groups is 1. The molecule has 1 saturated carbocycles. The zero-order chi connectivity index (χ0) is 19.9. The maximum Gasteiger partial charge on any atom is 0.391 e. The Morgan fingerprint density at radius 1 is 1.26 bits per heavy atom. The van der Waals surface area contributed by atoms with Crippen LogP contribution in [0.5, 0.6) is 0 Å². The fraction of sp³-hybridized carbons (Fsp3) is 0.824. The number of nitrogens with one attached hydrogen (secondary N) is 2. The molecule has 2 N–H and O–H groups in total. The number of aromatic nitrogens is 3. The van der Waals surface area contributed by atoms with Gasteiger partial charge in [0.05, 0.1) is 5.92 Å². The van der Waals surface area contributed by atoms with Crippen molar-refractivity contribution in [1.82, 2.24) is 25.4 Å². The molecule has 0 unspecified atom stereocenters. The molecule has 0 saturated heterocycles. The highest BCUT2D eigenvalue weighted by Gasteiger charge is 2.41. The van der Waals surface area contributed by atoms with Gasteiger partial charge in [0.1, 0.15) is 12.4 Å². The summed E-state index contributed by atoms with van der Waals surface area (Å²) in [6.07, 6.45) is 0.305. The molecule has 1 aliphatic carbocycles.